The first-order valence-electron chi connectivity index (χ1n) is 7.59. The second-order valence-corrected chi connectivity index (χ2v) is 6.21. The molecule has 4 rings (SSSR count). The number of hydrogen-bond donors (Lipinski definition) is 1. The fraction of sp³-hybridized carbons (Fsp3) is 0.118. The number of halogens is 4. The Bertz CT molecular complexity index is 1010. The van der Waals surface area contributed by atoms with Crippen LogP contribution in [0.15, 0.2) is 42.5 Å². The van der Waals surface area contributed by atoms with Crippen molar-refractivity contribution in [2.45, 2.75) is 12.8 Å². The molecule has 0 radical (unpaired) electrons. The highest BCUT2D eigenvalue weighted by atomic mass is 35.5. The summed E-state index contributed by atoms with van der Waals surface area (Å²) in [6.07, 6.45) is -4.53. The van der Waals surface area contributed by atoms with Crippen LogP contribution < -0.4 is 10.2 Å². The monoisotopic (exact) mass is 379 g/mol. The van der Waals surface area contributed by atoms with Crippen molar-refractivity contribution in [3.8, 4) is 11.6 Å². The molecule has 132 valence electrons. The topological polar surface area (TPSA) is 51.6 Å². The molecule has 0 saturated heterocycles. The van der Waals surface area contributed by atoms with Gasteiger partial charge in [-0.3, -0.25) is 0 Å². The summed E-state index contributed by atoms with van der Waals surface area (Å²) >= 11 is 5.74. The summed E-state index contributed by atoms with van der Waals surface area (Å²) in [5, 5.41) is 9.50. The van der Waals surface area contributed by atoms with Crippen LogP contribution >= 0.6 is 11.6 Å². The van der Waals surface area contributed by atoms with Gasteiger partial charge in [-0.1, -0.05) is 17.7 Å². The van der Waals surface area contributed by atoms with Crippen LogP contribution in [0.3, 0.4) is 0 Å². The number of fused-ring (bicyclic) bond motifs is 2. The molecule has 1 aliphatic heterocycles. The molecule has 0 unspecified atom stereocenters. The summed E-state index contributed by atoms with van der Waals surface area (Å²) in [4.78, 5) is 4.21. The van der Waals surface area contributed by atoms with Gasteiger partial charge in [-0.25, -0.2) is 4.98 Å². The summed E-state index contributed by atoms with van der Waals surface area (Å²) in [6.45, 7) is 0.272. The Balaban J connectivity index is 1.66. The van der Waals surface area contributed by atoms with Crippen molar-refractivity contribution in [3.05, 3.63) is 58.6 Å². The van der Waals surface area contributed by atoms with Crippen molar-refractivity contribution >= 4 is 35.1 Å². The van der Waals surface area contributed by atoms with Crippen LogP contribution in [-0.2, 0) is 17.4 Å². The van der Waals surface area contributed by atoms with Crippen molar-refractivity contribution in [1.82, 2.24) is 4.98 Å². The normalized spacial score (nSPS) is 14.0. The van der Waals surface area contributed by atoms with E-state index in [0.29, 0.717) is 22.1 Å². The number of nitrogens with zero attached hydrogens (tertiary/aromatic N) is 1. The summed E-state index contributed by atoms with van der Waals surface area (Å²) in [7, 11) is -0.942. The van der Waals surface area contributed by atoms with Gasteiger partial charge in [0.2, 0.25) is 5.88 Å². The van der Waals surface area contributed by atoms with Crippen molar-refractivity contribution in [1.29, 1.82) is 0 Å². The molecule has 0 fully saturated rings. The lowest BCUT2D eigenvalue weighted by atomic mass is 9.80. The van der Waals surface area contributed by atoms with Gasteiger partial charge in [0.05, 0.1) is 22.7 Å². The Hall–Kier alpha value is -2.29. The molecular weight excluding hydrogens is 369 g/mol. The highest BCUT2D eigenvalue weighted by Crippen LogP contribution is 2.37. The van der Waals surface area contributed by atoms with Crippen molar-refractivity contribution in [2.75, 3.05) is 0 Å². The van der Waals surface area contributed by atoms with Gasteiger partial charge in [-0.05, 0) is 41.4 Å². The molecular formula is C17H10BClF3NO3. The summed E-state index contributed by atoms with van der Waals surface area (Å²) < 4.78 is 49.6. The number of alkyl halides is 3. The van der Waals surface area contributed by atoms with E-state index in [2.05, 4.69) is 4.98 Å². The minimum atomic E-state index is -4.53. The number of hydrogen-bond acceptors (Lipinski definition) is 4. The smallest absolute Gasteiger partial charge is 0.439 e. The Morgan fingerprint density at radius 1 is 1.15 bits per heavy atom. The molecule has 3 aromatic rings. The third-order valence-corrected chi connectivity index (χ3v) is 4.37. The summed E-state index contributed by atoms with van der Waals surface area (Å²) in [5.41, 5.74) is 0.865. The first-order chi connectivity index (χ1) is 12.3. The van der Waals surface area contributed by atoms with Crippen LogP contribution in [-0.4, -0.2) is 17.1 Å². The molecule has 26 heavy (non-hydrogen) atoms. The summed E-state index contributed by atoms with van der Waals surface area (Å²) in [5.74, 6) is 0.694. The van der Waals surface area contributed by atoms with Crippen LogP contribution in [0.5, 0.6) is 11.6 Å². The van der Waals surface area contributed by atoms with Crippen molar-refractivity contribution in [2.24, 2.45) is 0 Å². The third kappa shape index (κ3) is 3.11. The highest BCUT2D eigenvalue weighted by molar-refractivity contribution is 6.61. The predicted octanol–water partition coefficient (Wildman–Crippen LogP) is 3.92. The average Bonchev–Trinajstić information content (AvgIpc) is 2.94. The molecule has 0 spiro atoms. The van der Waals surface area contributed by atoms with E-state index in [-0.39, 0.29) is 12.5 Å². The number of aromatic nitrogens is 1. The van der Waals surface area contributed by atoms with E-state index in [4.69, 9.17) is 21.0 Å². The Morgan fingerprint density at radius 2 is 1.96 bits per heavy atom. The van der Waals surface area contributed by atoms with Gasteiger partial charge in [0.15, 0.2) is 0 Å². The predicted molar refractivity (Wildman–Crippen MR) is 90.7 cm³/mol. The minimum absolute atomic E-state index is 0.215. The molecule has 1 aromatic heterocycles. The minimum Gasteiger partial charge on any atom is -0.439 e. The number of rotatable bonds is 2. The van der Waals surface area contributed by atoms with Gasteiger partial charge >= 0.3 is 13.3 Å². The van der Waals surface area contributed by atoms with Crippen molar-refractivity contribution < 1.29 is 27.6 Å². The van der Waals surface area contributed by atoms with E-state index in [0.717, 1.165) is 11.6 Å². The first-order valence-corrected chi connectivity index (χ1v) is 7.97. The van der Waals surface area contributed by atoms with E-state index >= 15 is 0 Å². The number of benzene rings is 2. The Morgan fingerprint density at radius 3 is 2.73 bits per heavy atom. The molecule has 4 nitrogen and oxygen atoms in total. The average molecular weight is 380 g/mol. The van der Waals surface area contributed by atoms with E-state index in [1.807, 2.05) is 0 Å². The second kappa shape index (κ2) is 6.16. The van der Waals surface area contributed by atoms with Crippen LogP contribution in [0.4, 0.5) is 13.2 Å². The maximum atomic E-state index is 12.9. The van der Waals surface area contributed by atoms with Crippen LogP contribution in [0.1, 0.15) is 11.1 Å². The van der Waals surface area contributed by atoms with E-state index in [9.17, 15) is 18.2 Å². The number of ether oxygens (including phenoxy) is 1. The Kier molecular flexibility index (Phi) is 4.06. The molecule has 9 heteroatoms. The molecule has 0 saturated carbocycles. The zero-order chi connectivity index (χ0) is 18.5. The summed E-state index contributed by atoms with van der Waals surface area (Å²) in [6, 6.07) is 10.2. The molecule has 0 aliphatic carbocycles. The van der Waals surface area contributed by atoms with Gasteiger partial charge in [0.25, 0.3) is 0 Å². The van der Waals surface area contributed by atoms with Gasteiger partial charge in [0.1, 0.15) is 5.75 Å². The van der Waals surface area contributed by atoms with Gasteiger partial charge < -0.3 is 14.4 Å². The lowest BCUT2D eigenvalue weighted by Gasteiger charge is -2.11. The second-order valence-electron chi connectivity index (χ2n) is 5.80. The van der Waals surface area contributed by atoms with Crippen LogP contribution in [0.2, 0.25) is 5.02 Å². The maximum absolute atomic E-state index is 12.9. The number of pyridine rings is 1. The molecule has 0 amide bonds. The molecule has 1 N–H and O–H groups in total. The van der Waals surface area contributed by atoms with E-state index in [1.165, 1.54) is 18.2 Å². The Labute approximate surface area is 151 Å². The van der Waals surface area contributed by atoms with Gasteiger partial charge in [-0.2, -0.15) is 13.2 Å². The fourth-order valence-corrected chi connectivity index (χ4v) is 3.06. The quantitative estimate of drug-likeness (QED) is 0.686. The van der Waals surface area contributed by atoms with Gasteiger partial charge in [-0.15, -0.1) is 0 Å². The third-order valence-electron chi connectivity index (χ3n) is 4.06. The zero-order valence-electron chi connectivity index (χ0n) is 13.0. The lowest BCUT2D eigenvalue weighted by molar-refractivity contribution is -0.137. The molecule has 0 bridgehead atoms. The van der Waals surface area contributed by atoms with Crippen molar-refractivity contribution in [3.63, 3.8) is 0 Å². The maximum Gasteiger partial charge on any atom is 0.491 e. The first kappa shape index (κ1) is 17.1. The molecule has 2 heterocycles. The molecule has 0 atom stereocenters. The van der Waals surface area contributed by atoms with Gasteiger partial charge in [0, 0.05) is 11.5 Å². The standard InChI is InChI=1S/C17H10BClF3NO3/c19-14-7-15-9(6-12(14)17(20,21)22)1-4-16(23-15)26-11-2-3-13-10(5-11)8-25-18(13)24/h1-7,24H,8H2. The van der Waals surface area contributed by atoms with Crippen LogP contribution in [0.25, 0.3) is 10.9 Å². The zero-order valence-corrected chi connectivity index (χ0v) is 13.8. The largest absolute Gasteiger partial charge is 0.491 e. The highest BCUT2D eigenvalue weighted by Gasteiger charge is 2.33. The SMILES string of the molecule is OB1OCc2cc(Oc3ccc4cc(C(F)(F)F)c(Cl)cc4n3)ccc21. The fourth-order valence-electron chi connectivity index (χ4n) is 2.79. The van der Waals surface area contributed by atoms with E-state index in [1.54, 1.807) is 18.2 Å². The molecule has 2 aromatic carbocycles. The van der Waals surface area contributed by atoms with E-state index < -0.39 is 23.9 Å². The molecule has 1 aliphatic rings. The van der Waals surface area contributed by atoms with Crippen LogP contribution in [0, 0.1) is 0 Å². The lowest BCUT2D eigenvalue weighted by Crippen LogP contribution is -2.27.